The lowest BCUT2D eigenvalue weighted by Gasteiger charge is -2.18. The van der Waals surface area contributed by atoms with Crippen molar-refractivity contribution in [3.8, 4) is 5.75 Å². The number of rotatable bonds is 7. The van der Waals surface area contributed by atoms with Crippen molar-refractivity contribution in [3.63, 3.8) is 0 Å². The Hall–Kier alpha value is -2.96. The van der Waals surface area contributed by atoms with Crippen LogP contribution in [0.25, 0.3) is 0 Å². The van der Waals surface area contributed by atoms with Gasteiger partial charge in [-0.05, 0) is 51.2 Å². The van der Waals surface area contributed by atoms with E-state index in [9.17, 15) is 9.59 Å². The van der Waals surface area contributed by atoms with Gasteiger partial charge in [-0.1, -0.05) is 18.2 Å². The van der Waals surface area contributed by atoms with Crippen molar-refractivity contribution in [3.05, 3.63) is 53.1 Å². The quantitative estimate of drug-likeness (QED) is 0.621. The van der Waals surface area contributed by atoms with Gasteiger partial charge in [0.25, 0.3) is 5.91 Å². The number of nitrogens with zero attached hydrogens (tertiary/aromatic N) is 4. The number of ether oxygens (including phenoxy) is 1. The van der Waals surface area contributed by atoms with Gasteiger partial charge in [0.2, 0.25) is 5.91 Å². The Bertz CT molecular complexity index is 971. The lowest BCUT2D eigenvalue weighted by Crippen LogP contribution is -2.29. The molecule has 170 valence electrons. The molecule has 0 radical (unpaired) electrons. The van der Waals surface area contributed by atoms with E-state index in [0.717, 1.165) is 61.7 Å². The molecule has 4 rings (SSSR count). The van der Waals surface area contributed by atoms with Crippen molar-refractivity contribution in [2.75, 3.05) is 32.8 Å². The number of carbonyl (C=O) groups excluding carboxylic acids is 2. The molecule has 3 heterocycles. The molecule has 7 heteroatoms. The molecule has 2 aliphatic rings. The number of aromatic nitrogens is 2. The van der Waals surface area contributed by atoms with Gasteiger partial charge >= 0.3 is 0 Å². The normalized spacial score (nSPS) is 18.2. The Morgan fingerprint density at radius 3 is 2.62 bits per heavy atom. The van der Waals surface area contributed by atoms with Crippen LogP contribution >= 0.6 is 0 Å². The molecule has 32 heavy (non-hydrogen) atoms. The minimum absolute atomic E-state index is 0.0303. The number of para-hydroxylation sites is 1. The van der Waals surface area contributed by atoms with E-state index in [2.05, 4.69) is 9.97 Å². The fraction of sp³-hybridized carbons (Fsp3) is 0.520. The zero-order valence-corrected chi connectivity index (χ0v) is 19.0. The molecule has 2 aliphatic heterocycles. The van der Waals surface area contributed by atoms with Crippen LogP contribution in [0, 0.1) is 13.8 Å². The van der Waals surface area contributed by atoms with Crippen molar-refractivity contribution >= 4 is 11.8 Å². The minimum atomic E-state index is 0.0303. The molecule has 1 unspecified atom stereocenters. The van der Waals surface area contributed by atoms with E-state index >= 15 is 0 Å². The predicted molar refractivity (Wildman–Crippen MR) is 122 cm³/mol. The van der Waals surface area contributed by atoms with E-state index in [0.29, 0.717) is 31.6 Å². The molecule has 0 saturated carbocycles. The topological polar surface area (TPSA) is 75.6 Å². The first-order chi connectivity index (χ1) is 15.5. The van der Waals surface area contributed by atoms with Crippen LogP contribution in [0.3, 0.4) is 0 Å². The average Bonchev–Trinajstić information content (AvgIpc) is 3.50. The maximum atomic E-state index is 12.7. The average molecular weight is 437 g/mol. The van der Waals surface area contributed by atoms with Crippen molar-refractivity contribution in [1.82, 2.24) is 19.8 Å². The van der Waals surface area contributed by atoms with Crippen LogP contribution in [0.2, 0.25) is 0 Å². The first-order valence-corrected chi connectivity index (χ1v) is 11.6. The molecule has 1 aromatic carbocycles. The summed E-state index contributed by atoms with van der Waals surface area (Å²) in [4.78, 5) is 38.2. The summed E-state index contributed by atoms with van der Waals surface area (Å²) >= 11 is 0. The summed E-state index contributed by atoms with van der Waals surface area (Å²) in [5.74, 6) is 1.91. The maximum Gasteiger partial charge on any atom is 0.257 e. The highest BCUT2D eigenvalue weighted by molar-refractivity contribution is 5.95. The van der Waals surface area contributed by atoms with E-state index in [1.54, 1.807) is 6.20 Å². The second-order valence-electron chi connectivity index (χ2n) is 8.77. The zero-order chi connectivity index (χ0) is 22.5. The van der Waals surface area contributed by atoms with Crippen molar-refractivity contribution in [2.45, 2.75) is 51.9 Å². The summed E-state index contributed by atoms with van der Waals surface area (Å²) in [6, 6.07) is 7.91. The van der Waals surface area contributed by atoms with Gasteiger partial charge < -0.3 is 14.5 Å². The molecule has 2 fully saturated rings. The number of hydrogen-bond donors (Lipinski definition) is 0. The standard InChI is InChI=1S/C25H32N4O3/c1-18-8-3-4-9-22(18)32-15-7-10-23(30)29-14-11-20(17-29)24-26-16-21(19(2)27-24)25(31)28-12-5-6-13-28/h3-4,8-9,16,20H,5-7,10-15,17H2,1-2H3. The predicted octanol–water partition coefficient (Wildman–Crippen LogP) is 3.50. The molecule has 0 spiro atoms. The molecule has 0 aliphatic carbocycles. The lowest BCUT2D eigenvalue weighted by atomic mass is 10.1. The SMILES string of the molecule is Cc1ccccc1OCCCC(=O)N1CCC(c2ncc(C(=O)N3CCCC3)c(C)n2)C1. The van der Waals surface area contributed by atoms with Gasteiger partial charge in [0, 0.05) is 44.7 Å². The van der Waals surface area contributed by atoms with E-state index in [1.807, 2.05) is 47.9 Å². The number of likely N-dealkylation sites (tertiary alicyclic amines) is 2. The molecular weight excluding hydrogens is 404 g/mol. The lowest BCUT2D eigenvalue weighted by molar-refractivity contribution is -0.130. The number of aryl methyl sites for hydroxylation is 2. The first kappa shape index (κ1) is 22.2. The molecular formula is C25H32N4O3. The van der Waals surface area contributed by atoms with Gasteiger partial charge in [0.15, 0.2) is 0 Å². The van der Waals surface area contributed by atoms with Gasteiger partial charge in [-0.3, -0.25) is 9.59 Å². The number of benzene rings is 1. The highest BCUT2D eigenvalue weighted by atomic mass is 16.5. The fourth-order valence-corrected chi connectivity index (χ4v) is 4.46. The maximum absolute atomic E-state index is 12.7. The summed E-state index contributed by atoms with van der Waals surface area (Å²) in [5.41, 5.74) is 2.42. The van der Waals surface area contributed by atoms with Crippen molar-refractivity contribution < 1.29 is 14.3 Å². The van der Waals surface area contributed by atoms with Crippen molar-refractivity contribution in [1.29, 1.82) is 0 Å². The van der Waals surface area contributed by atoms with Gasteiger partial charge in [0.05, 0.1) is 17.9 Å². The minimum Gasteiger partial charge on any atom is -0.493 e. The summed E-state index contributed by atoms with van der Waals surface area (Å²) < 4.78 is 5.80. The molecule has 2 aromatic rings. The molecule has 2 saturated heterocycles. The zero-order valence-electron chi connectivity index (χ0n) is 19.0. The Morgan fingerprint density at radius 2 is 1.88 bits per heavy atom. The van der Waals surface area contributed by atoms with E-state index < -0.39 is 0 Å². The van der Waals surface area contributed by atoms with Crippen molar-refractivity contribution in [2.24, 2.45) is 0 Å². The Labute approximate surface area is 189 Å². The third-order valence-corrected chi connectivity index (χ3v) is 6.41. The fourth-order valence-electron chi connectivity index (χ4n) is 4.46. The second kappa shape index (κ2) is 10.1. The van der Waals surface area contributed by atoms with Crippen LogP contribution in [0.4, 0.5) is 0 Å². The third kappa shape index (κ3) is 5.09. The molecule has 0 N–H and O–H groups in total. The molecule has 2 amide bonds. The van der Waals surface area contributed by atoms with E-state index in [1.165, 1.54) is 0 Å². The smallest absolute Gasteiger partial charge is 0.257 e. The molecule has 1 atom stereocenters. The summed E-state index contributed by atoms with van der Waals surface area (Å²) in [5, 5.41) is 0. The van der Waals surface area contributed by atoms with Crippen LogP contribution < -0.4 is 4.74 Å². The van der Waals surface area contributed by atoms with Crippen LogP contribution in [-0.4, -0.2) is 64.4 Å². The summed E-state index contributed by atoms with van der Waals surface area (Å²) in [6.45, 7) is 7.41. The van der Waals surface area contributed by atoms with Gasteiger partial charge in [0.1, 0.15) is 11.6 Å². The van der Waals surface area contributed by atoms with Crippen LogP contribution in [-0.2, 0) is 4.79 Å². The second-order valence-corrected chi connectivity index (χ2v) is 8.77. The highest BCUT2D eigenvalue weighted by Crippen LogP contribution is 2.26. The summed E-state index contributed by atoms with van der Waals surface area (Å²) in [7, 11) is 0. The van der Waals surface area contributed by atoms with Crippen LogP contribution in [0.1, 0.15) is 65.5 Å². The first-order valence-electron chi connectivity index (χ1n) is 11.6. The monoisotopic (exact) mass is 436 g/mol. The Kier molecular flexibility index (Phi) is 7.02. The Balaban J connectivity index is 1.26. The van der Waals surface area contributed by atoms with Gasteiger partial charge in [-0.2, -0.15) is 0 Å². The summed E-state index contributed by atoms with van der Waals surface area (Å²) in [6.07, 6.45) is 5.82. The van der Waals surface area contributed by atoms with E-state index in [4.69, 9.17) is 4.74 Å². The Morgan fingerprint density at radius 1 is 1.09 bits per heavy atom. The highest BCUT2D eigenvalue weighted by Gasteiger charge is 2.30. The van der Waals surface area contributed by atoms with Crippen LogP contribution in [0.5, 0.6) is 5.75 Å². The van der Waals surface area contributed by atoms with E-state index in [-0.39, 0.29) is 17.7 Å². The largest absolute Gasteiger partial charge is 0.493 e. The third-order valence-electron chi connectivity index (χ3n) is 6.41. The molecule has 1 aromatic heterocycles. The van der Waals surface area contributed by atoms with Crippen LogP contribution in [0.15, 0.2) is 30.5 Å². The number of amides is 2. The molecule has 7 nitrogen and oxygen atoms in total. The number of hydrogen-bond acceptors (Lipinski definition) is 5. The molecule has 0 bridgehead atoms. The number of carbonyl (C=O) groups is 2. The van der Waals surface area contributed by atoms with Gasteiger partial charge in [-0.15, -0.1) is 0 Å². The van der Waals surface area contributed by atoms with Gasteiger partial charge in [-0.25, -0.2) is 9.97 Å².